The van der Waals surface area contributed by atoms with Crippen molar-refractivity contribution in [1.82, 2.24) is 14.7 Å². The number of benzene rings is 2. The van der Waals surface area contributed by atoms with Gasteiger partial charge in [-0.2, -0.15) is 5.10 Å². The van der Waals surface area contributed by atoms with Crippen LogP contribution >= 0.6 is 0 Å². The summed E-state index contributed by atoms with van der Waals surface area (Å²) in [5, 5.41) is 7.29. The van der Waals surface area contributed by atoms with Crippen LogP contribution in [-0.2, 0) is 6.54 Å². The molecular weight excluding hydrogens is 362 g/mol. The van der Waals surface area contributed by atoms with Crippen molar-refractivity contribution in [3.8, 4) is 11.1 Å². The zero-order valence-electron chi connectivity index (χ0n) is 15.6. The van der Waals surface area contributed by atoms with E-state index < -0.39 is 0 Å². The first-order valence-corrected chi connectivity index (χ1v) is 9.07. The number of rotatable bonds is 2. The zero-order valence-corrected chi connectivity index (χ0v) is 15.6. The number of nitrogens with zero attached hydrogens (tertiary/aromatic N) is 3. The summed E-state index contributed by atoms with van der Waals surface area (Å²) < 4.78 is 28.6. The lowest BCUT2D eigenvalue weighted by Crippen LogP contribution is -2.42. The Morgan fingerprint density at radius 3 is 2.64 bits per heavy atom. The van der Waals surface area contributed by atoms with Gasteiger partial charge in [0.15, 0.2) is 0 Å². The Hall–Kier alpha value is -3.22. The van der Waals surface area contributed by atoms with Gasteiger partial charge < -0.3 is 10.2 Å². The van der Waals surface area contributed by atoms with E-state index in [2.05, 4.69) is 10.4 Å². The van der Waals surface area contributed by atoms with Gasteiger partial charge in [-0.25, -0.2) is 13.6 Å². The van der Waals surface area contributed by atoms with Crippen LogP contribution in [0.4, 0.5) is 19.3 Å². The normalized spacial score (nSPS) is 16.0. The first-order chi connectivity index (χ1) is 13.4. The number of aromatic nitrogens is 2. The van der Waals surface area contributed by atoms with E-state index in [4.69, 9.17) is 0 Å². The molecule has 2 aromatic carbocycles. The average Bonchev–Trinajstić information content (AvgIpc) is 3.10. The van der Waals surface area contributed by atoms with Crippen molar-refractivity contribution >= 4 is 11.7 Å². The molecule has 3 aromatic rings. The average molecular weight is 382 g/mol. The lowest BCUT2D eigenvalue weighted by molar-refractivity contribution is 0.181. The van der Waals surface area contributed by atoms with Gasteiger partial charge in [0.2, 0.25) is 0 Å². The molecule has 2 heterocycles. The second-order valence-electron chi connectivity index (χ2n) is 7.08. The maximum Gasteiger partial charge on any atom is 0.322 e. The Morgan fingerprint density at radius 2 is 1.93 bits per heavy atom. The standard InChI is InChI=1S/C21H20F2N4O/c1-13-9-17(7-8-19(13)23)25-21(28)26-11-14(2)27-20(12-26)18(10-24-27)15-3-5-16(22)6-4-15/h3-10,14H,11-12H2,1-2H3,(H,25,28). The molecule has 1 aliphatic rings. The number of carbonyl (C=O) groups excluding carboxylic acids is 1. The number of carbonyl (C=O) groups is 1. The van der Waals surface area contributed by atoms with Gasteiger partial charge in [-0.3, -0.25) is 4.68 Å². The minimum Gasteiger partial charge on any atom is -0.316 e. The number of aryl methyl sites for hydroxylation is 1. The molecular formula is C21H20F2N4O. The van der Waals surface area contributed by atoms with Crippen LogP contribution in [0.5, 0.6) is 0 Å². The number of nitrogens with one attached hydrogen (secondary N) is 1. The largest absolute Gasteiger partial charge is 0.322 e. The van der Waals surface area contributed by atoms with Gasteiger partial charge in [-0.1, -0.05) is 12.1 Å². The van der Waals surface area contributed by atoms with E-state index in [0.717, 1.165) is 16.8 Å². The zero-order chi connectivity index (χ0) is 19.8. The molecule has 28 heavy (non-hydrogen) atoms. The molecule has 0 bridgehead atoms. The van der Waals surface area contributed by atoms with Gasteiger partial charge in [-0.15, -0.1) is 0 Å². The number of halogens is 2. The number of hydrogen-bond acceptors (Lipinski definition) is 2. The molecule has 0 aliphatic carbocycles. The second-order valence-corrected chi connectivity index (χ2v) is 7.08. The van der Waals surface area contributed by atoms with Crippen molar-refractivity contribution in [3.63, 3.8) is 0 Å². The Labute approximate surface area is 161 Å². The van der Waals surface area contributed by atoms with Gasteiger partial charge in [-0.05, 0) is 55.3 Å². The third-order valence-electron chi connectivity index (χ3n) is 4.99. The highest BCUT2D eigenvalue weighted by atomic mass is 19.1. The molecule has 1 aromatic heterocycles. The highest BCUT2D eigenvalue weighted by molar-refractivity contribution is 5.89. The first kappa shape index (κ1) is 18.2. The van der Waals surface area contributed by atoms with E-state index in [0.29, 0.717) is 24.3 Å². The van der Waals surface area contributed by atoms with Crippen LogP contribution in [-0.4, -0.2) is 27.3 Å². The maximum atomic E-state index is 13.4. The summed E-state index contributed by atoms with van der Waals surface area (Å²) in [6.45, 7) is 4.53. The monoisotopic (exact) mass is 382 g/mol. The highest BCUT2D eigenvalue weighted by Crippen LogP contribution is 2.30. The predicted molar refractivity (Wildman–Crippen MR) is 103 cm³/mol. The van der Waals surface area contributed by atoms with Crippen LogP contribution in [0.1, 0.15) is 24.2 Å². The van der Waals surface area contributed by atoms with Gasteiger partial charge >= 0.3 is 6.03 Å². The summed E-state index contributed by atoms with van der Waals surface area (Å²) in [6, 6.07) is 10.5. The molecule has 7 heteroatoms. The third-order valence-corrected chi connectivity index (χ3v) is 4.99. The number of hydrogen-bond donors (Lipinski definition) is 1. The van der Waals surface area contributed by atoms with Gasteiger partial charge in [0.1, 0.15) is 11.6 Å². The number of urea groups is 1. The SMILES string of the molecule is Cc1cc(NC(=O)N2Cc3c(-c4ccc(F)cc4)cnn3C(C)C2)ccc1F. The van der Waals surface area contributed by atoms with E-state index in [1.54, 1.807) is 42.3 Å². The second kappa shape index (κ2) is 7.07. The lowest BCUT2D eigenvalue weighted by atomic mass is 10.0. The number of fused-ring (bicyclic) bond motifs is 1. The fourth-order valence-electron chi connectivity index (χ4n) is 3.52. The van der Waals surface area contributed by atoms with E-state index >= 15 is 0 Å². The van der Waals surface area contributed by atoms with Gasteiger partial charge in [0, 0.05) is 17.8 Å². The van der Waals surface area contributed by atoms with Gasteiger partial charge in [0.05, 0.1) is 24.5 Å². The summed E-state index contributed by atoms with van der Waals surface area (Å²) >= 11 is 0. The predicted octanol–water partition coefficient (Wildman–Crippen LogP) is 4.75. The number of amides is 2. The lowest BCUT2D eigenvalue weighted by Gasteiger charge is -2.32. The minimum atomic E-state index is -0.308. The van der Waals surface area contributed by atoms with Crippen molar-refractivity contribution < 1.29 is 13.6 Å². The van der Waals surface area contributed by atoms with Crippen LogP contribution in [0.3, 0.4) is 0 Å². The molecule has 1 unspecified atom stereocenters. The van der Waals surface area contributed by atoms with Crippen molar-refractivity contribution in [2.45, 2.75) is 26.4 Å². The molecule has 0 saturated heterocycles. The van der Waals surface area contributed by atoms with Crippen molar-refractivity contribution in [2.24, 2.45) is 0 Å². The molecule has 0 radical (unpaired) electrons. The van der Waals surface area contributed by atoms with Crippen LogP contribution in [0.2, 0.25) is 0 Å². The van der Waals surface area contributed by atoms with Crippen LogP contribution in [0, 0.1) is 18.6 Å². The van der Waals surface area contributed by atoms with Crippen molar-refractivity contribution in [3.05, 3.63) is 71.6 Å². The molecule has 0 saturated carbocycles. The third kappa shape index (κ3) is 3.35. The summed E-state index contributed by atoms with van der Waals surface area (Å²) in [7, 11) is 0. The fraction of sp³-hybridized carbons (Fsp3) is 0.238. The summed E-state index contributed by atoms with van der Waals surface area (Å²) in [5.41, 5.74) is 3.65. The van der Waals surface area contributed by atoms with Crippen LogP contribution in [0.25, 0.3) is 11.1 Å². The fourth-order valence-corrected chi connectivity index (χ4v) is 3.52. The summed E-state index contributed by atoms with van der Waals surface area (Å²) in [5.74, 6) is -0.605. The Morgan fingerprint density at radius 1 is 1.18 bits per heavy atom. The van der Waals surface area contributed by atoms with E-state index in [1.807, 2.05) is 11.6 Å². The first-order valence-electron chi connectivity index (χ1n) is 9.07. The van der Waals surface area contributed by atoms with Crippen molar-refractivity contribution in [1.29, 1.82) is 0 Å². The highest BCUT2D eigenvalue weighted by Gasteiger charge is 2.28. The maximum absolute atomic E-state index is 13.4. The number of anilines is 1. The summed E-state index contributed by atoms with van der Waals surface area (Å²) in [4.78, 5) is 14.5. The smallest absolute Gasteiger partial charge is 0.316 e. The van der Waals surface area contributed by atoms with E-state index in [-0.39, 0.29) is 23.7 Å². The molecule has 1 atom stereocenters. The van der Waals surface area contributed by atoms with E-state index in [1.165, 1.54) is 18.2 Å². The summed E-state index contributed by atoms with van der Waals surface area (Å²) in [6.07, 6.45) is 1.75. The molecule has 144 valence electrons. The Kier molecular flexibility index (Phi) is 4.58. The van der Waals surface area contributed by atoms with Crippen molar-refractivity contribution in [2.75, 3.05) is 11.9 Å². The molecule has 0 fully saturated rings. The Bertz CT molecular complexity index is 1030. The molecule has 1 aliphatic heterocycles. The quantitative estimate of drug-likeness (QED) is 0.696. The van der Waals surface area contributed by atoms with Crippen LogP contribution in [0.15, 0.2) is 48.7 Å². The molecule has 1 N–H and O–H groups in total. The Balaban J connectivity index is 1.58. The molecule has 2 amide bonds. The molecule has 4 rings (SSSR count). The topological polar surface area (TPSA) is 50.2 Å². The van der Waals surface area contributed by atoms with Crippen LogP contribution < -0.4 is 5.32 Å². The van der Waals surface area contributed by atoms with E-state index in [9.17, 15) is 13.6 Å². The molecule has 5 nitrogen and oxygen atoms in total. The minimum absolute atomic E-state index is 0.00125. The van der Waals surface area contributed by atoms with Gasteiger partial charge in [0.25, 0.3) is 0 Å². The molecule has 0 spiro atoms.